The van der Waals surface area contributed by atoms with Crippen LogP contribution < -0.4 is 0 Å². The Hall–Kier alpha value is -1.06. The highest BCUT2D eigenvalue weighted by Crippen LogP contribution is 2.26. The van der Waals surface area contributed by atoms with E-state index in [-0.39, 0.29) is 0 Å². The van der Waals surface area contributed by atoms with Gasteiger partial charge in [0.15, 0.2) is 0 Å². The van der Waals surface area contributed by atoms with Crippen LogP contribution in [0.4, 0.5) is 0 Å². The molecule has 3 aromatic rings. The number of benzene rings is 2. The quantitative estimate of drug-likeness (QED) is 0.401. The van der Waals surface area contributed by atoms with E-state index in [1.165, 1.54) is 15.5 Å². The summed E-state index contributed by atoms with van der Waals surface area (Å²) in [7, 11) is 3.29. The molecule has 0 aliphatic rings. The van der Waals surface area contributed by atoms with Gasteiger partial charge in [0.2, 0.25) is 0 Å². The van der Waals surface area contributed by atoms with Crippen molar-refractivity contribution in [1.82, 2.24) is 4.37 Å². The van der Waals surface area contributed by atoms with Crippen LogP contribution in [0, 0.1) is 0 Å². The molecule has 1 aromatic heterocycles. The molecule has 0 N–H and O–H groups in total. The van der Waals surface area contributed by atoms with Crippen molar-refractivity contribution in [2.75, 3.05) is 0 Å². The van der Waals surface area contributed by atoms with Gasteiger partial charge < -0.3 is 0 Å². The lowest BCUT2D eigenvalue weighted by atomic mass is 10.1. The first-order valence-corrected chi connectivity index (χ1v) is 6.12. The van der Waals surface area contributed by atoms with Gasteiger partial charge in [-0.25, -0.2) is 0 Å². The van der Waals surface area contributed by atoms with Gasteiger partial charge in [-0.05, 0) is 16.8 Å². The Balaban J connectivity index is 2.57. The number of fused-ring (bicyclic) bond motifs is 2. The fraction of sp³-hybridized carbons (Fsp3) is 0. The van der Waals surface area contributed by atoms with Gasteiger partial charge in [0.25, 0.3) is 15.2 Å². The van der Waals surface area contributed by atoms with Gasteiger partial charge in [-0.15, -0.1) is 4.37 Å². The van der Waals surface area contributed by atoms with Crippen LogP contribution in [0.1, 0.15) is 0 Å². The topological polar surface area (TPSA) is 12.9 Å². The van der Waals surface area contributed by atoms with Crippen molar-refractivity contribution in [2.45, 2.75) is 0 Å². The molecule has 0 bridgehead atoms. The first kappa shape index (κ1) is 7.35. The SMILES string of the molecule is c1ccc2cc3[s+]snc3cc2c1. The Morgan fingerprint density at radius 1 is 1.08 bits per heavy atom. The van der Waals surface area contributed by atoms with Gasteiger partial charge in [0.05, 0.1) is 0 Å². The standard InChI is InChI=1S/C10H6NS2/c1-2-4-8-6-10-9(11-13-12-10)5-7(8)3-1/h1-6H/q+1. The van der Waals surface area contributed by atoms with Crippen LogP contribution in [0.3, 0.4) is 0 Å². The van der Waals surface area contributed by atoms with Crippen molar-refractivity contribution < 1.29 is 0 Å². The molecule has 0 aliphatic carbocycles. The molecule has 0 spiro atoms. The molecular formula is C10H6NS2+. The first-order chi connectivity index (χ1) is 6.43. The van der Waals surface area contributed by atoms with Gasteiger partial charge in [-0.1, -0.05) is 24.3 Å². The molecule has 0 fully saturated rings. The van der Waals surface area contributed by atoms with Crippen molar-refractivity contribution in [3.8, 4) is 0 Å². The van der Waals surface area contributed by atoms with E-state index in [1.54, 1.807) is 20.9 Å². The highest BCUT2D eigenvalue weighted by atomic mass is 32.9. The Morgan fingerprint density at radius 2 is 1.85 bits per heavy atom. The van der Waals surface area contributed by atoms with Crippen LogP contribution in [0.5, 0.6) is 0 Å². The fourth-order valence-corrected chi connectivity index (χ4v) is 3.21. The van der Waals surface area contributed by atoms with Gasteiger partial charge >= 0.3 is 10.3 Å². The summed E-state index contributed by atoms with van der Waals surface area (Å²) in [6, 6.07) is 12.7. The van der Waals surface area contributed by atoms with E-state index in [9.17, 15) is 0 Å². The third kappa shape index (κ3) is 1.12. The minimum atomic E-state index is 1.12. The maximum absolute atomic E-state index is 4.33. The third-order valence-corrected chi connectivity index (χ3v) is 3.93. The van der Waals surface area contributed by atoms with Crippen molar-refractivity contribution >= 4 is 41.9 Å². The lowest BCUT2D eigenvalue weighted by Crippen LogP contribution is -1.71. The summed E-state index contributed by atoms with van der Waals surface area (Å²) < 4.78 is 5.61. The van der Waals surface area contributed by atoms with E-state index in [2.05, 4.69) is 40.8 Å². The fourth-order valence-electron chi connectivity index (χ4n) is 1.44. The molecule has 1 heterocycles. The lowest BCUT2D eigenvalue weighted by molar-refractivity contribution is 1.68. The van der Waals surface area contributed by atoms with E-state index in [4.69, 9.17) is 0 Å². The van der Waals surface area contributed by atoms with E-state index >= 15 is 0 Å². The molecule has 3 rings (SSSR count). The van der Waals surface area contributed by atoms with Crippen LogP contribution >= 0.6 is 20.9 Å². The molecule has 0 unspecified atom stereocenters. The van der Waals surface area contributed by atoms with Gasteiger partial charge in [0.1, 0.15) is 5.52 Å². The molecule has 0 radical (unpaired) electrons. The predicted molar refractivity (Wildman–Crippen MR) is 59.4 cm³/mol. The average Bonchev–Trinajstić information content (AvgIpc) is 2.61. The van der Waals surface area contributed by atoms with E-state index < -0.39 is 0 Å². The molecule has 62 valence electrons. The highest BCUT2D eigenvalue weighted by Gasteiger charge is 2.09. The average molecular weight is 204 g/mol. The normalized spacial score (nSPS) is 11.1. The van der Waals surface area contributed by atoms with Crippen LogP contribution in [0.15, 0.2) is 36.4 Å². The molecule has 0 saturated heterocycles. The van der Waals surface area contributed by atoms with Gasteiger partial charge in [-0.2, -0.15) is 0 Å². The molecule has 0 atom stereocenters. The number of hydrogen-bond acceptors (Lipinski definition) is 2. The molecule has 3 heteroatoms. The largest absolute Gasteiger partial charge is 0.323 e. The second kappa shape index (κ2) is 2.72. The summed E-state index contributed by atoms with van der Waals surface area (Å²) in [6.07, 6.45) is 0. The molecular weight excluding hydrogens is 198 g/mol. The third-order valence-electron chi connectivity index (χ3n) is 2.09. The monoisotopic (exact) mass is 204 g/mol. The number of hydrogen-bond donors (Lipinski definition) is 0. The Kier molecular flexibility index (Phi) is 1.54. The van der Waals surface area contributed by atoms with Crippen LogP contribution in [0.2, 0.25) is 0 Å². The van der Waals surface area contributed by atoms with Crippen molar-refractivity contribution in [2.24, 2.45) is 0 Å². The predicted octanol–water partition coefficient (Wildman–Crippen LogP) is 3.79. The second-order valence-corrected chi connectivity index (χ2v) is 4.80. The van der Waals surface area contributed by atoms with Gasteiger partial charge in [0, 0.05) is 6.07 Å². The highest BCUT2D eigenvalue weighted by molar-refractivity contribution is 7.69. The van der Waals surface area contributed by atoms with Crippen LogP contribution in [-0.2, 0) is 0 Å². The molecule has 2 aromatic carbocycles. The number of nitrogens with zero attached hydrogens (tertiary/aromatic N) is 1. The number of rotatable bonds is 0. The van der Waals surface area contributed by atoms with Crippen molar-refractivity contribution in [3.05, 3.63) is 36.4 Å². The molecule has 1 nitrogen and oxygen atoms in total. The first-order valence-electron chi connectivity index (χ1n) is 4.01. The maximum Gasteiger partial charge on any atom is 0.323 e. The summed E-state index contributed by atoms with van der Waals surface area (Å²) >= 11 is 0. The number of aromatic nitrogens is 1. The maximum atomic E-state index is 4.33. The molecule has 13 heavy (non-hydrogen) atoms. The zero-order valence-electron chi connectivity index (χ0n) is 6.73. The smallest absolute Gasteiger partial charge is 0.135 e. The van der Waals surface area contributed by atoms with E-state index in [1.807, 2.05) is 0 Å². The summed E-state index contributed by atoms with van der Waals surface area (Å²) in [5.41, 5.74) is 1.12. The van der Waals surface area contributed by atoms with Crippen molar-refractivity contribution in [1.29, 1.82) is 0 Å². The van der Waals surface area contributed by atoms with Crippen LogP contribution in [-0.4, -0.2) is 4.37 Å². The van der Waals surface area contributed by atoms with E-state index in [0.717, 1.165) is 5.52 Å². The minimum Gasteiger partial charge on any atom is -0.135 e. The summed E-state index contributed by atoms with van der Waals surface area (Å²) in [6.45, 7) is 0. The Bertz CT molecular complexity index is 521. The molecule has 0 amide bonds. The second-order valence-electron chi connectivity index (χ2n) is 2.92. The zero-order valence-corrected chi connectivity index (χ0v) is 8.36. The Labute approximate surface area is 82.8 Å². The summed E-state index contributed by atoms with van der Waals surface area (Å²) in [4.78, 5) is 0. The lowest BCUT2D eigenvalue weighted by Gasteiger charge is -1.92. The van der Waals surface area contributed by atoms with Crippen molar-refractivity contribution in [3.63, 3.8) is 0 Å². The molecule has 0 saturated carbocycles. The van der Waals surface area contributed by atoms with Gasteiger partial charge in [-0.3, -0.25) is 0 Å². The minimum absolute atomic E-state index is 1.12. The zero-order chi connectivity index (χ0) is 8.67. The summed E-state index contributed by atoms with van der Waals surface area (Å²) in [5, 5.41) is 2.57. The Morgan fingerprint density at radius 3 is 2.69 bits per heavy atom. The van der Waals surface area contributed by atoms with E-state index in [0.29, 0.717) is 0 Å². The molecule has 0 aliphatic heterocycles. The summed E-state index contributed by atoms with van der Waals surface area (Å²) in [5.74, 6) is 0. The van der Waals surface area contributed by atoms with Crippen LogP contribution in [0.25, 0.3) is 21.0 Å².